The van der Waals surface area contributed by atoms with E-state index in [4.69, 9.17) is 0 Å². The Labute approximate surface area is 361 Å². The van der Waals surface area contributed by atoms with Crippen LogP contribution in [-0.4, -0.2) is 9.13 Å². The minimum absolute atomic E-state index is 1.06. The molecule has 0 atom stereocenters. The molecule has 11 aromatic rings. The Morgan fingerprint density at radius 3 is 1.42 bits per heavy atom. The summed E-state index contributed by atoms with van der Waals surface area (Å²) in [6, 6.07) is 77.3. The molecular formula is C60H42N2. The molecule has 0 saturated heterocycles. The maximum absolute atomic E-state index is 3.96. The van der Waals surface area contributed by atoms with Crippen molar-refractivity contribution in [1.82, 2.24) is 9.13 Å². The fourth-order valence-corrected chi connectivity index (χ4v) is 9.30. The summed E-state index contributed by atoms with van der Waals surface area (Å²) >= 11 is 0. The SMILES string of the molecule is C=C/C=C(\C=C)c1ccc(-c2ccc(-n3c4ccccc4c4cc(-c5ccc6c(c5)c5ccccc5n6-c5ccccc5-c5ccc(-c6ccccc6)cc5)ccc43)cc2)cc1. The standard InChI is InChI=1S/C60H42N2/c1-3-14-41(4-2)43-23-25-45(26-24-43)46-31-35-50(36-32-46)61-57-21-12-9-18-52(57)54-39-48(33-37-59(54)61)49-34-38-60-55(40-49)53-19-10-13-22-58(53)62(60)56-20-11-8-17-51(56)47-29-27-44(28-30-47)42-15-6-5-7-16-42/h3-40H,1-2H2/b41-14+. The van der Waals surface area contributed by atoms with E-state index in [0.717, 1.165) is 22.5 Å². The van der Waals surface area contributed by atoms with Crippen LogP contribution in [0.4, 0.5) is 0 Å². The van der Waals surface area contributed by atoms with E-state index >= 15 is 0 Å². The molecule has 62 heavy (non-hydrogen) atoms. The quantitative estimate of drug-likeness (QED) is 0.129. The summed E-state index contributed by atoms with van der Waals surface area (Å²) in [6.45, 7) is 7.81. The van der Waals surface area contributed by atoms with Gasteiger partial charge in [0.1, 0.15) is 0 Å². The Morgan fingerprint density at radius 2 is 0.806 bits per heavy atom. The molecule has 11 rings (SSSR count). The lowest BCUT2D eigenvalue weighted by atomic mass is 9.99. The molecule has 9 aromatic carbocycles. The van der Waals surface area contributed by atoms with Gasteiger partial charge in [-0.15, -0.1) is 0 Å². The minimum atomic E-state index is 1.06. The van der Waals surface area contributed by atoms with Gasteiger partial charge >= 0.3 is 0 Å². The molecule has 0 aliphatic carbocycles. The normalized spacial score (nSPS) is 11.8. The predicted octanol–water partition coefficient (Wildman–Crippen LogP) is 16.3. The van der Waals surface area contributed by atoms with Crippen molar-refractivity contribution in [3.05, 3.63) is 249 Å². The lowest BCUT2D eigenvalue weighted by Gasteiger charge is -2.14. The van der Waals surface area contributed by atoms with Crippen LogP contribution < -0.4 is 0 Å². The van der Waals surface area contributed by atoms with Crippen LogP contribution in [0.1, 0.15) is 5.56 Å². The number of fused-ring (bicyclic) bond motifs is 6. The van der Waals surface area contributed by atoms with Gasteiger partial charge in [-0.3, -0.25) is 0 Å². The van der Waals surface area contributed by atoms with E-state index in [9.17, 15) is 0 Å². The summed E-state index contributed by atoms with van der Waals surface area (Å²) in [7, 11) is 0. The zero-order valence-corrected chi connectivity index (χ0v) is 34.2. The Balaban J connectivity index is 0.971. The van der Waals surface area contributed by atoms with Crippen molar-refractivity contribution in [2.75, 3.05) is 0 Å². The topological polar surface area (TPSA) is 9.86 Å². The van der Waals surface area contributed by atoms with Gasteiger partial charge in [-0.1, -0.05) is 189 Å². The van der Waals surface area contributed by atoms with Crippen molar-refractivity contribution >= 4 is 49.2 Å². The molecule has 0 aliphatic heterocycles. The Hall–Kier alpha value is -8.20. The van der Waals surface area contributed by atoms with Crippen molar-refractivity contribution in [1.29, 1.82) is 0 Å². The first kappa shape index (κ1) is 36.8. The molecule has 2 nitrogen and oxygen atoms in total. The van der Waals surface area contributed by atoms with Crippen molar-refractivity contribution < 1.29 is 0 Å². The van der Waals surface area contributed by atoms with Crippen LogP contribution in [0.3, 0.4) is 0 Å². The van der Waals surface area contributed by atoms with Crippen molar-refractivity contribution in [3.63, 3.8) is 0 Å². The fourth-order valence-electron chi connectivity index (χ4n) is 9.30. The first-order valence-electron chi connectivity index (χ1n) is 21.2. The maximum Gasteiger partial charge on any atom is 0.0541 e. The molecule has 0 N–H and O–H groups in total. The van der Waals surface area contributed by atoms with E-state index in [1.807, 2.05) is 12.2 Å². The summed E-state index contributed by atoms with van der Waals surface area (Å²) in [5.74, 6) is 0. The Bertz CT molecular complexity index is 3500. The molecule has 2 heteroatoms. The lowest BCUT2D eigenvalue weighted by Crippen LogP contribution is -1.97. The smallest absolute Gasteiger partial charge is 0.0541 e. The number of nitrogens with zero attached hydrogens (tertiary/aromatic N) is 2. The van der Waals surface area contributed by atoms with Crippen molar-refractivity contribution in [2.45, 2.75) is 0 Å². The van der Waals surface area contributed by atoms with Gasteiger partial charge in [-0.05, 0) is 105 Å². The number of benzene rings is 9. The zero-order chi connectivity index (χ0) is 41.6. The third-order valence-electron chi connectivity index (χ3n) is 12.3. The molecule has 0 amide bonds. The average Bonchev–Trinajstić information content (AvgIpc) is 3.86. The second-order valence-electron chi connectivity index (χ2n) is 15.8. The largest absolute Gasteiger partial charge is 0.309 e. The number of aromatic nitrogens is 2. The van der Waals surface area contributed by atoms with Gasteiger partial charge in [0.2, 0.25) is 0 Å². The van der Waals surface area contributed by atoms with Crippen LogP contribution in [0.15, 0.2) is 244 Å². The fraction of sp³-hybridized carbons (Fsp3) is 0. The maximum atomic E-state index is 3.96. The Kier molecular flexibility index (Phi) is 9.17. The van der Waals surface area contributed by atoms with Crippen molar-refractivity contribution in [3.8, 4) is 55.9 Å². The van der Waals surface area contributed by atoms with Crippen molar-refractivity contribution in [2.24, 2.45) is 0 Å². The molecule has 0 bridgehead atoms. The second kappa shape index (κ2) is 15.4. The van der Waals surface area contributed by atoms with Gasteiger partial charge in [0.15, 0.2) is 0 Å². The first-order valence-corrected chi connectivity index (χ1v) is 21.2. The highest BCUT2D eigenvalue weighted by molar-refractivity contribution is 6.13. The molecular weight excluding hydrogens is 749 g/mol. The van der Waals surface area contributed by atoms with E-state index in [1.165, 1.54) is 88.1 Å². The zero-order valence-electron chi connectivity index (χ0n) is 34.2. The van der Waals surface area contributed by atoms with Crippen LogP contribution in [-0.2, 0) is 0 Å². The van der Waals surface area contributed by atoms with Gasteiger partial charge < -0.3 is 9.13 Å². The molecule has 0 fully saturated rings. The van der Waals surface area contributed by atoms with E-state index in [1.54, 1.807) is 6.08 Å². The average molecular weight is 791 g/mol. The number of hydrogen-bond acceptors (Lipinski definition) is 0. The number of hydrogen-bond donors (Lipinski definition) is 0. The van der Waals surface area contributed by atoms with E-state index in [-0.39, 0.29) is 0 Å². The summed E-state index contributed by atoms with van der Waals surface area (Å²) in [5, 5.41) is 4.94. The van der Waals surface area contributed by atoms with Crippen LogP contribution in [0.25, 0.3) is 105 Å². The highest BCUT2D eigenvalue weighted by atomic mass is 15.0. The lowest BCUT2D eigenvalue weighted by molar-refractivity contribution is 1.18. The predicted molar refractivity (Wildman–Crippen MR) is 265 cm³/mol. The summed E-state index contributed by atoms with van der Waals surface area (Å²) in [4.78, 5) is 0. The number of rotatable bonds is 9. The number of allylic oxidation sites excluding steroid dienone is 4. The molecule has 2 heterocycles. The highest BCUT2D eigenvalue weighted by Gasteiger charge is 2.18. The highest BCUT2D eigenvalue weighted by Crippen LogP contribution is 2.40. The van der Waals surface area contributed by atoms with Gasteiger partial charge in [-0.25, -0.2) is 0 Å². The Morgan fingerprint density at radius 1 is 0.355 bits per heavy atom. The van der Waals surface area contributed by atoms with E-state index in [2.05, 4.69) is 235 Å². The van der Waals surface area contributed by atoms with E-state index < -0.39 is 0 Å². The van der Waals surface area contributed by atoms with Gasteiger partial charge in [0, 0.05) is 32.8 Å². The molecule has 0 aliphatic rings. The van der Waals surface area contributed by atoms with Gasteiger partial charge in [-0.2, -0.15) is 0 Å². The summed E-state index contributed by atoms with van der Waals surface area (Å²) in [6.07, 6.45) is 5.65. The first-order chi connectivity index (χ1) is 30.7. The third kappa shape index (κ3) is 6.29. The molecule has 0 radical (unpaired) electrons. The second-order valence-corrected chi connectivity index (χ2v) is 15.8. The summed E-state index contributed by atoms with van der Waals surface area (Å²) < 4.78 is 4.83. The van der Waals surface area contributed by atoms with Crippen LogP contribution >= 0.6 is 0 Å². The van der Waals surface area contributed by atoms with Gasteiger partial charge in [0.05, 0.1) is 27.8 Å². The van der Waals surface area contributed by atoms with Crippen LogP contribution in [0, 0.1) is 0 Å². The molecule has 0 spiro atoms. The minimum Gasteiger partial charge on any atom is -0.309 e. The third-order valence-corrected chi connectivity index (χ3v) is 12.3. The monoisotopic (exact) mass is 790 g/mol. The van der Waals surface area contributed by atoms with E-state index in [0.29, 0.717) is 0 Å². The van der Waals surface area contributed by atoms with Crippen LogP contribution in [0.2, 0.25) is 0 Å². The van der Waals surface area contributed by atoms with Gasteiger partial charge in [0.25, 0.3) is 0 Å². The molecule has 292 valence electrons. The number of para-hydroxylation sites is 3. The van der Waals surface area contributed by atoms with Crippen LogP contribution in [0.5, 0.6) is 0 Å². The molecule has 0 saturated carbocycles. The molecule has 0 unspecified atom stereocenters. The summed E-state index contributed by atoms with van der Waals surface area (Å²) in [5.41, 5.74) is 18.8. The molecule has 2 aromatic heterocycles.